The number of pyridine rings is 1. The first kappa shape index (κ1) is 27.2. The van der Waals surface area contributed by atoms with Crippen molar-refractivity contribution in [2.45, 2.75) is 25.3 Å². The Balaban J connectivity index is 1.58. The summed E-state index contributed by atoms with van der Waals surface area (Å²) in [5.41, 5.74) is -2.52. The summed E-state index contributed by atoms with van der Waals surface area (Å²) in [7, 11) is 0. The van der Waals surface area contributed by atoms with Crippen LogP contribution in [0.1, 0.15) is 33.5 Å². The summed E-state index contributed by atoms with van der Waals surface area (Å²) in [6.07, 6.45) is -7.15. The molecule has 0 aliphatic rings. The minimum atomic E-state index is -5.00. The maximum atomic E-state index is 13.8. The van der Waals surface area contributed by atoms with Crippen LogP contribution in [0.15, 0.2) is 60.9 Å². The van der Waals surface area contributed by atoms with Gasteiger partial charge in [-0.2, -0.15) is 26.3 Å². The molecule has 0 fully saturated rings. The van der Waals surface area contributed by atoms with Crippen LogP contribution in [0.25, 0.3) is 10.2 Å². The zero-order valence-corrected chi connectivity index (χ0v) is 20.2. The number of rotatable bonds is 9. The molecule has 0 saturated carbocycles. The maximum absolute atomic E-state index is 13.8. The van der Waals surface area contributed by atoms with E-state index in [9.17, 15) is 31.1 Å². The number of hydrogen-bond donors (Lipinski definition) is 1. The van der Waals surface area contributed by atoms with E-state index >= 15 is 0 Å². The monoisotopic (exact) mass is 555 g/mol. The third-order valence-electron chi connectivity index (χ3n) is 5.46. The quantitative estimate of drug-likeness (QED) is 0.179. The Morgan fingerprint density at radius 2 is 1.76 bits per heavy atom. The molecule has 2 aromatic heterocycles. The van der Waals surface area contributed by atoms with Crippen molar-refractivity contribution in [3.63, 3.8) is 0 Å². The summed E-state index contributed by atoms with van der Waals surface area (Å²) in [6, 6.07) is 9.99. The highest BCUT2D eigenvalue weighted by molar-refractivity contribution is 7.22. The van der Waals surface area contributed by atoms with Crippen molar-refractivity contribution in [3.8, 4) is 5.75 Å². The fraction of sp³-hybridized carbons (Fsp3) is 0.240. The predicted molar refractivity (Wildman–Crippen MR) is 128 cm³/mol. The number of carbonyl (C=O) groups is 1. The van der Waals surface area contributed by atoms with Gasteiger partial charge in [0, 0.05) is 19.3 Å². The molecule has 0 saturated heterocycles. The van der Waals surface area contributed by atoms with Crippen LogP contribution in [0, 0.1) is 0 Å². The molecule has 6 nitrogen and oxygen atoms in total. The molecule has 0 spiro atoms. The van der Waals surface area contributed by atoms with Gasteiger partial charge in [-0.25, -0.2) is 9.78 Å². The molecule has 38 heavy (non-hydrogen) atoms. The third kappa shape index (κ3) is 6.52. The Morgan fingerprint density at radius 1 is 1.00 bits per heavy atom. The molecule has 0 atom stereocenters. The van der Waals surface area contributed by atoms with Crippen LogP contribution in [-0.4, -0.2) is 34.2 Å². The molecule has 0 aliphatic carbocycles. The van der Waals surface area contributed by atoms with Gasteiger partial charge in [0.2, 0.25) is 0 Å². The van der Waals surface area contributed by atoms with Crippen molar-refractivity contribution in [2.75, 3.05) is 18.1 Å². The second-order valence-electron chi connectivity index (χ2n) is 8.17. The van der Waals surface area contributed by atoms with Crippen LogP contribution in [-0.2, 0) is 18.9 Å². The van der Waals surface area contributed by atoms with Gasteiger partial charge in [0.15, 0.2) is 5.13 Å². The minimum Gasteiger partial charge on any atom is -0.492 e. The van der Waals surface area contributed by atoms with Crippen molar-refractivity contribution in [1.82, 2.24) is 9.97 Å². The van der Waals surface area contributed by atoms with Gasteiger partial charge in [0.1, 0.15) is 5.75 Å². The van der Waals surface area contributed by atoms with Crippen LogP contribution in [0.2, 0.25) is 0 Å². The number of alkyl halides is 6. The second-order valence-corrected chi connectivity index (χ2v) is 9.18. The molecule has 2 aromatic carbocycles. The molecule has 4 rings (SSSR count). The van der Waals surface area contributed by atoms with E-state index in [-0.39, 0.29) is 49.1 Å². The van der Waals surface area contributed by atoms with Gasteiger partial charge in [-0.15, -0.1) is 0 Å². The lowest BCUT2D eigenvalue weighted by molar-refractivity contribution is -0.143. The van der Waals surface area contributed by atoms with Gasteiger partial charge >= 0.3 is 18.3 Å². The number of nitrogens with zero attached hydrogens (tertiary/aromatic N) is 3. The Bertz CT molecular complexity index is 1400. The molecule has 0 aliphatic heterocycles. The number of para-hydroxylation sites is 1. The normalized spacial score (nSPS) is 12.1. The van der Waals surface area contributed by atoms with Gasteiger partial charge in [-0.05, 0) is 42.3 Å². The van der Waals surface area contributed by atoms with Gasteiger partial charge in [0.05, 0.1) is 39.7 Å². The molecule has 4 aromatic rings. The number of anilines is 1. The largest absolute Gasteiger partial charge is 0.492 e. The third-order valence-corrected chi connectivity index (χ3v) is 6.56. The van der Waals surface area contributed by atoms with Crippen LogP contribution >= 0.6 is 11.3 Å². The van der Waals surface area contributed by atoms with E-state index in [4.69, 9.17) is 9.84 Å². The second kappa shape index (κ2) is 10.9. The Hall–Kier alpha value is -3.87. The molecule has 0 radical (unpaired) electrons. The number of aromatic nitrogens is 2. The van der Waals surface area contributed by atoms with Crippen molar-refractivity contribution >= 4 is 32.7 Å². The number of thiazole rings is 1. The molecule has 1 N–H and O–H groups in total. The van der Waals surface area contributed by atoms with E-state index in [1.54, 1.807) is 29.2 Å². The lowest BCUT2D eigenvalue weighted by Crippen LogP contribution is -2.27. The Morgan fingerprint density at radius 3 is 2.45 bits per heavy atom. The summed E-state index contributed by atoms with van der Waals surface area (Å²) in [5.74, 6) is -0.972. The Labute approximate surface area is 216 Å². The zero-order valence-electron chi connectivity index (χ0n) is 19.4. The van der Waals surface area contributed by atoms with Crippen molar-refractivity contribution in [1.29, 1.82) is 0 Å². The number of hydrogen-bond acceptors (Lipinski definition) is 6. The van der Waals surface area contributed by atoms with E-state index in [1.807, 2.05) is 0 Å². The summed E-state index contributed by atoms with van der Waals surface area (Å²) >= 11 is 1.24. The van der Waals surface area contributed by atoms with Crippen molar-refractivity contribution in [2.24, 2.45) is 0 Å². The summed E-state index contributed by atoms with van der Waals surface area (Å²) < 4.78 is 86.9. The van der Waals surface area contributed by atoms with Gasteiger partial charge in [0.25, 0.3) is 0 Å². The topological polar surface area (TPSA) is 75.6 Å². The van der Waals surface area contributed by atoms with Gasteiger partial charge in [-0.3, -0.25) is 4.98 Å². The molecule has 13 heteroatoms. The van der Waals surface area contributed by atoms with E-state index in [1.165, 1.54) is 23.6 Å². The van der Waals surface area contributed by atoms with Crippen LogP contribution < -0.4 is 9.64 Å². The highest BCUT2D eigenvalue weighted by Crippen LogP contribution is 2.38. The Kier molecular flexibility index (Phi) is 7.76. The highest BCUT2D eigenvalue weighted by Gasteiger charge is 2.38. The molecule has 2 heterocycles. The molecular weight excluding hydrogens is 536 g/mol. The SMILES string of the molecule is O=C(O)c1cncc(OCCCN(Cc2ccc(C(F)(F)F)cc2C(F)(F)F)c2nc3ccccc3s2)c1. The summed E-state index contributed by atoms with van der Waals surface area (Å²) in [6.45, 7) is -0.113. The smallest absolute Gasteiger partial charge is 0.416 e. The van der Waals surface area contributed by atoms with Crippen molar-refractivity contribution < 1.29 is 41.0 Å². The number of aromatic carboxylic acids is 1. The number of halogens is 6. The van der Waals surface area contributed by atoms with E-state index in [0.717, 1.165) is 17.0 Å². The summed E-state index contributed by atoms with van der Waals surface area (Å²) in [5, 5.41) is 9.47. The summed E-state index contributed by atoms with van der Waals surface area (Å²) in [4.78, 5) is 20.9. The van der Waals surface area contributed by atoms with Crippen molar-refractivity contribution in [3.05, 3.63) is 83.2 Å². The number of benzene rings is 2. The predicted octanol–water partition coefficient (Wildman–Crippen LogP) is 6.90. The average Bonchev–Trinajstić information content (AvgIpc) is 3.29. The van der Waals surface area contributed by atoms with E-state index < -0.39 is 29.4 Å². The van der Waals surface area contributed by atoms with Gasteiger partial charge < -0.3 is 14.7 Å². The van der Waals surface area contributed by atoms with Crippen LogP contribution in [0.5, 0.6) is 5.75 Å². The molecular formula is C25H19F6N3O3S. The first-order chi connectivity index (χ1) is 17.9. The van der Waals surface area contributed by atoms with Crippen LogP contribution in [0.3, 0.4) is 0 Å². The number of carboxylic acids is 1. The number of ether oxygens (including phenoxy) is 1. The fourth-order valence-electron chi connectivity index (χ4n) is 3.66. The molecule has 0 bridgehead atoms. The first-order valence-electron chi connectivity index (χ1n) is 11.1. The first-order valence-corrected chi connectivity index (χ1v) is 11.9. The minimum absolute atomic E-state index is 0.0689. The van der Waals surface area contributed by atoms with E-state index in [0.29, 0.717) is 16.7 Å². The average molecular weight is 556 g/mol. The number of carboxylic acid groups (broad SMARTS) is 1. The standard InChI is InChI=1S/C25H19F6N3O3S/c26-24(27,28)17-7-6-15(19(11-17)25(29,30)31)14-34(23-33-20-4-1-2-5-21(20)38-23)8-3-9-37-18-10-16(22(35)36)12-32-13-18/h1-2,4-7,10-13H,3,8-9,14H2,(H,35,36). The lowest BCUT2D eigenvalue weighted by atomic mass is 10.0. The lowest BCUT2D eigenvalue weighted by Gasteiger charge is -2.24. The maximum Gasteiger partial charge on any atom is 0.416 e. The molecule has 0 unspecified atom stereocenters. The van der Waals surface area contributed by atoms with Gasteiger partial charge in [-0.1, -0.05) is 29.5 Å². The fourth-order valence-corrected chi connectivity index (χ4v) is 4.65. The zero-order chi connectivity index (χ0) is 27.5. The molecule has 0 amide bonds. The number of fused-ring (bicyclic) bond motifs is 1. The highest BCUT2D eigenvalue weighted by atomic mass is 32.1. The van der Waals surface area contributed by atoms with Crippen LogP contribution in [0.4, 0.5) is 31.5 Å². The van der Waals surface area contributed by atoms with E-state index in [2.05, 4.69) is 9.97 Å². The molecule has 200 valence electrons.